The van der Waals surface area contributed by atoms with Crippen LogP contribution in [0.4, 0.5) is 11.4 Å². The van der Waals surface area contributed by atoms with Crippen molar-refractivity contribution in [1.29, 1.82) is 5.26 Å². The minimum absolute atomic E-state index is 0.671. The molecule has 2 heteroatoms. The van der Waals surface area contributed by atoms with Gasteiger partial charge >= 0.3 is 0 Å². The lowest BCUT2D eigenvalue weighted by Crippen LogP contribution is -1.91. The van der Waals surface area contributed by atoms with Gasteiger partial charge in [-0.25, -0.2) is 0 Å². The Balaban J connectivity index is 2.04. The number of hydrogen-bond donors (Lipinski definition) is 1. The first-order valence-corrected chi connectivity index (χ1v) is 6.68. The summed E-state index contributed by atoms with van der Waals surface area (Å²) < 4.78 is 0. The van der Waals surface area contributed by atoms with Gasteiger partial charge in [0.2, 0.25) is 0 Å². The molecule has 2 aromatic carbocycles. The first-order chi connectivity index (χ1) is 9.31. The lowest BCUT2D eigenvalue weighted by molar-refractivity contribution is 0.795. The number of anilines is 2. The Hall–Kier alpha value is -2.27. The van der Waals surface area contributed by atoms with Crippen molar-refractivity contribution >= 4 is 11.4 Å². The molecule has 0 saturated carbocycles. The summed E-state index contributed by atoms with van der Waals surface area (Å²) in [6, 6.07) is 18.1. The highest BCUT2D eigenvalue weighted by atomic mass is 14.9. The van der Waals surface area contributed by atoms with E-state index in [1.165, 1.54) is 18.4 Å². The van der Waals surface area contributed by atoms with E-state index in [2.05, 4.69) is 42.6 Å². The van der Waals surface area contributed by atoms with Gasteiger partial charge in [0.15, 0.2) is 0 Å². The molecular formula is C17H18N2. The maximum absolute atomic E-state index is 8.87. The summed E-state index contributed by atoms with van der Waals surface area (Å²) >= 11 is 0. The molecule has 2 nitrogen and oxygen atoms in total. The highest BCUT2D eigenvalue weighted by molar-refractivity contribution is 5.61. The van der Waals surface area contributed by atoms with Gasteiger partial charge in [-0.3, -0.25) is 0 Å². The van der Waals surface area contributed by atoms with Crippen LogP contribution in [0.5, 0.6) is 0 Å². The summed E-state index contributed by atoms with van der Waals surface area (Å²) in [4.78, 5) is 0. The lowest BCUT2D eigenvalue weighted by atomic mass is 10.1. The van der Waals surface area contributed by atoms with Crippen LogP contribution in [0.25, 0.3) is 0 Å². The van der Waals surface area contributed by atoms with E-state index in [0.29, 0.717) is 5.56 Å². The third kappa shape index (κ3) is 3.86. The minimum Gasteiger partial charge on any atom is -0.355 e. The summed E-state index contributed by atoms with van der Waals surface area (Å²) in [5.74, 6) is 0. The summed E-state index contributed by atoms with van der Waals surface area (Å²) in [7, 11) is 0. The van der Waals surface area contributed by atoms with Crippen molar-refractivity contribution < 1.29 is 0 Å². The topological polar surface area (TPSA) is 35.8 Å². The maximum atomic E-state index is 8.87. The van der Waals surface area contributed by atoms with Gasteiger partial charge in [-0.15, -0.1) is 0 Å². The van der Waals surface area contributed by atoms with Gasteiger partial charge in [0, 0.05) is 11.4 Å². The Morgan fingerprint density at radius 1 is 1.05 bits per heavy atom. The van der Waals surface area contributed by atoms with E-state index in [1.54, 1.807) is 6.07 Å². The Morgan fingerprint density at radius 2 is 1.84 bits per heavy atom. The van der Waals surface area contributed by atoms with Crippen LogP contribution in [0.2, 0.25) is 0 Å². The fourth-order valence-corrected chi connectivity index (χ4v) is 1.97. The molecule has 0 bridgehead atoms. The summed E-state index contributed by atoms with van der Waals surface area (Å²) in [5.41, 5.74) is 4.04. The number of hydrogen-bond acceptors (Lipinski definition) is 2. The van der Waals surface area contributed by atoms with Crippen LogP contribution in [0, 0.1) is 11.3 Å². The van der Waals surface area contributed by atoms with Gasteiger partial charge in [0.1, 0.15) is 0 Å². The van der Waals surface area contributed by atoms with Gasteiger partial charge in [-0.1, -0.05) is 31.5 Å². The Bertz CT molecular complexity index is 565. The molecule has 19 heavy (non-hydrogen) atoms. The van der Waals surface area contributed by atoms with Crippen LogP contribution >= 0.6 is 0 Å². The zero-order valence-corrected chi connectivity index (χ0v) is 11.2. The van der Waals surface area contributed by atoms with Gasteiger partial charge in [0.25, 0.3) is 0 Å². The Morgan fingerprint density at radius 3 is 2.53 bits per heavy atom. The predicted octanol–water partition coefficient (Wildman–Crippen LogP) is 4.64. The van der Waals surface area contributed by atoms with Gasteiger partial charge in [0.05, 0.1) is 11.6 Å². The first kappa shape index (κ1) is 13.2. The highest BCUT2D eigenvalue weighted by Gasteiger charge is 1.97. The Labute approximate surface area is 114 Å². The number of unbranched alkanes of at least 4 members (excludes halogenated alkanes) is 1. The van der Waals surface area contributed by atoms with E-state index in [9.17, 15) is 0 Å². The second-order valence-corrected chi connectivity index (χ2v) is 4.62. The number of nitrogens with one attached hydrogen (secondary N) is 1. The quantitative estimate of drug-likeness (QED) is 0.838. The molecule has 0 radical (unpaired) electrons. The van der Waals surface area contributed by atoms with Crippen molar-refractivity contribution in [2.45, 2.75) is 26.2 Å². The molecule has 0 aromatic heterocycles. The van der Waals surface area contributed by atoms with E-state index >= 15 is 0 Å². The van der Waals surface area contributed by atoms with Gasteiger partial charge < -0.3 is 5.32 Å². The SMILES string of the molecule is CCCCc1ccc(Nc2cccc(C#N)c2)cc1. The highest BCUT2D eigenvalue weighted by Crippen LogP contribution is 2.18. The standard InChI is InChI=1S/C17H18N2/c1-2-3-5-14-8-10-16(11-9-14)19-17-7-4-6-15(12-17)13-18/h4,6-12,19H,2-3,5H2,1H3. The smallest absolute Gasteiger partial charge is 0.0992 e. The molecule has 2 aromatic rings. The van der Waals surface area contributed by atoms with E-state index < -0.39 is 0 Å². The molecule has 0 atom stereocenters. The third-order valence-corrected chi connectivity index (χ3v) is 3.05. The molecule has 0 spiro atoms. The molecule has 0 fully saturated rings. The number of aryl methyl sites for hydroxylation is 1. The van der Waals surface area contributed by atoms with E-state index in [1.807, 2.05) is 18.2 Å². The van der Waals surface area contributed by atoms with Crippen LogP contribution < -0.4 is 5.32 Å². The van der Waals surface area contributed by atoms with Gasteiger partial charge in [-0.05, 0) is 48.7 Å². The van der Waals surface area contributed by atoms with Crippen LogP contribution in [-0.2, 0) is 6.42 Å². The van der Waals surface area contributed by atoms with E-state index in [-0.39, 0.29) is 0 Å². The molecule has 0 aliphatic rings. The van der Waals surface area contributed by atoms with E-state index in [4.69, 9.17) is 5.26 Å². The predicted molar refractivity (Wildman–Crippen MR) is 79.5 cm³/mol. The molecule has 0 heterocycles. The zero-order chi connectivity index (χ0) is 13.5. The van der Waals surface area contributed by atoms with Crippen LogP contribution in [0.3, 0.4) is 0 Å². The number of rotatable bonds is 5. The molecule has 0 amide bonds. The van der Waals surface area contributed by atoms with Crippen molar-refractivity contribution in [2.75, 3.05) is 5.32 Å². The lowest BCUT2D eigenvalue weighted by Gasteiger charge is -2.07. The molecule has 96 valence electrons. The molecule has 0 aliphatic heterocycles. The van der Waals surface area contributed by atoms with Crippen molar-refractivity contribution in [3.8, 4) is 6.07 Å². The maximum Gasteiger partial charge on any atom is 0.0992 e. The van der Waals surface area contributed by atoms with Crippen molar-refractivity contribution in [3.05, 3.63) is 59.7 Å². The average Bonchev–Trinajstić information content (AvgIpc) is 2.47. The zero-order valence-electron chi connectivity index (χ0n) is 11.2. The first-order valence-electron chi connectivity index (χ1n) is 6.68. The largest absolute Gasteiger partial charge is 0.355 e. The fourth-order valence-electron chi connectivity index (χ4n) is 1.97. The second-order valence-electron chi connectivity index (χ2n) is 4.62. The average molecular weight is 250 g/mol. The summed E-state index contributed by atoms with van der Waals surface area (Å²) in [5, 5.41) is 12.2. The van der Waals surface area contributed by atoms with E-state index in [0.717, 1.165) is 17.8 Å². The fraction of sp³-hybridized carbons (Fsp3) is 0.235. The van der Waals surface area contributed by atoms with Crippen LogP contribution in [0.15, 0.2) is 48.5 Å². The third-order valence-electron chi connectivity index (χ3n) is 3.05. The number of nitriles is 1. The van der Waals surface area contributed by atoms with Crippen LogP contribution in [-0.4, -0.2) is 0 Å². The normalized spacial score (nSPS) is 9.89. The van der Waals surface area contributed by atoms with Crippen molar-refractivity contribution in [1.82, 2.24) is 0 Å². The molecule has 0 aliphatic carbocycles. The molecular weight excluding hydrogens is 232 g/mol. The summed E-state index contributed by atoms with van der Waals surface area (Å²) in [6.45, 7) is 2.21. The molecule has 2 rings (SSSR count). The second kappa shape index (κ2) is 6.61. The number of benzene rings is 2. The minimum atomic E-state index is 0.671. The summed E-state index contributed by atoms with van der Waals surface area (Å²) in [6.07, 6.45) is 3.60. The van der Waals surface area contributed by atoms with Crippen molar-refractivity contribution in [2.24, 2.45) is 0 Å². The number of nitrogens with zero attached hydrogens (tertiary/aromatic N) is 1. The molecule has 1 N–H and O–H groups in total. The Kier molecular flexibility index (Phi) is 4.58. The molecule has 0 unspecified atom stereocenters. The molecule has 0 saturated heterocycles. The monoisotopic (exact) mass is 250 g/mol. The van der Waals surface area contributed by atoms with Crippen LogP contribution in [0.1, 0.15) is 30.9 Å². The van der Waals surface area contributed by atoms with Crippen molar-refractivity contribution in [3.63, 3.8) is 0 Å². The van der Waals surface area contributed by atoms with Gasteiger partial charge in [-0.2, -0.15) is 5.26 Å².